The standard InChI is InChI=1S/C24H16N3O2SeTe/c1-24(2)16-8-5-7-14-13-6-3-4-9-18(13)27(19(14)16)22-17(24)11-12(31-22)10-15-20(28)25-23(30)26-21(15)29/h3-11H,1-2H3,(H,25,26,28,29). The van der Waals surface area contributed by atoms with E-state index in [2.05, 4.69) is 93.3 Å². The molecule has 7 heteroatoms. The first kappa shape index (κ1) is 19.3. The summed E-state index contributed by atoms with van der Waals surface area (Å²) in [6, 6.07) is 17.3. The van der Waals surface area contributed by atoms with Crippen LogP contribution in [0.25, 0.3) is 31.6 Å². The second kappa shape index (κ2) is 6.54. The number of carbonyl (C=O) groups is 2. The van der Waals surface area contributed by atoms with Crippen molar-refractivity contribution in [2.24, 2.45) is 4.99 Å². The number of aliphatic imine (C=N–C) groups is 1. The van der Waals surface area contributed by atoms with Crippen molar-refractivity contribution in [2.45, 2.75) is 19.3 Å². The Kier molecular flexibility index (Phi) is 4.07. The fourth-order valence-electron chi connectivity index (χ4n) is 4.68. The molecule has 2 aromatic heterocycles. The minimum absolute atomic E-state index is 0.105. The van der Waals surface area contributed by atoms with Crippen LogP contribution in [0.3, 0.4) is 0 Å². The Morgan fingerprint density at radius 3 is 2.65 bits per heavy atom. The van der Waals surface area contributed by atoms with E-state index in [1.54, 1.807) is 6.08 Å². The van der Waals surface area contributed by atoms with E-state index >= 15 is 0 Å². The monoisotopic (exact) mass is 588 g/mol. The summed E-state index contributed by atoms with van der Waals surface area (Å²) >= 11 is 1.78. The maximum atomic E-state index is 12.4. The molecular formula is C24H16N3O2SeTe. The zero-order chi connectivity index (χ0) is 21.5. The van der Waals surface area contributed by atoms with Crippen molar-refractivity contribution in [1.82, 2.24) is 9.88 Å². The fourth-order valence-corrected chi connectivity index (χ4v) is 8.70. The van der Waals surface area contributed by atoms with Gasteiger partial charge >= 0.3 is 197 Å². The predicted octanol–water partition coefficient (Wildman–Crippen LogP) is 3.04. The van der Waals surface area contributed by atoms with Crippen molar-refractivity contribution in [2.75, 3.05) is 0 Å². The van der Waals surface area contributed by atoms with Gasteiger partial charge in [0, 0.05) is 0 Å². The molecule has 4 heterocycles. The number of hydrogen-bond acceptors (Lipinski definition) is 2. The first-order valence-corrected chi connectivity index (χ1v) is 13.1. The summed E-state index contributed by atoms with van der Waals surface area (Å²) < 4.78 is 5.05. The van der Waals surface area contributed by atoms with Gasteiger partial charge in [-0.15, -0.1) is 0 Å². The Labute approximate surface area is 196 Å². The second-order valence-corrected chi connectivity index (χ2v) is 12.1. The first-order valence-electron chi connectivity index (χ1n) is 9.86. The Bertz CT molecular complexity index is 1540. The number of nitrogens with one attached hydrogen (secondary N) is 1. The number of benzene rings is 2. The third kappa shape index (κ3) is 2.65. The van der Waals surface area contributed by atoms with Crippen molar-refractivity contribution in [3.63, 3.8) is 0 Å². The van der Waals surface area contributed by atoms with E-state index in [9.17, 15) is 9.59 Å². The van der Waals surface area contributed by atoms with Gasteiger partial charge in [-0.05, 0) is 0 Å². The summed E-state index contributed by atoms with van der Waals surface area (Å²) in [6.07, 6.45) is 1.75. The van der Waals surface area contributed by atoms with Crippen molar-refractivity contribution in [1.29, 1.82) is 0 Å². The Balaban J connectivity index is 1.65. The summed E-state index contributed by atoms with van der Waals surface area (Å²) in [5.41, 5.74) is 5.02. The normalized spacial score (nSPS) is 18.4. The van der Waals surface area contributed by atoms with E-state index < -0.39 is 32.2 Å². The average Bonchev–Trinajstić information content (AvgIpc) is 3.29. The van der Waals surface area contributed by atoms with Crippen LogP contribution < -0.4 is 5.32 Å². The van der Waals surface area contributed by atoms with Gasteiger partial charge in [-0.25, -0.2) is 0 Å². The molecule has 151 valence electrons. The van der Waals surface area contributed by atoms with E-state index in [-0.39, 0.29) is 15.7 Å². The quantitative estimate of drug-likeness (QED) is 0.212. The molecule has 31 heavy (non-hydrogen) atoms. The van der Waals surface area contributed by atoms with Crippen molar-refractivity contribution >= 4 is 80.9 Å². The predicted molar refractivity (Wildman–Crippen MR) is 124 cm³/mol. The third-order valence-corrected chi connectivity index (χ3v) is 9.61. The molecule has 5 nitrogen and oxygen atoms in total. The molecule has 0 saturated carbocycles. The molecule has 1 radical (unpaired) electrons. The molecule has 0 saturated heterocycles. The number of aromatic nitrogens is 1. The van der Waals surface area contributed by atoms with E-state index in [1.165, 1.54) is 36.6 Å². The van der Waals surface area contributed by atoms with E-state index in [4.69, 9.17) is 0 Å². The molecule has 0 atom stereocenters. The van der Waals surface area contributed by atoms with Crippen LogP contribution in [-0.4, -0.2) is 57.6 Å². The van der Waals surface area contributed by atoms with Crippen molar-refractivity contribution in [3.8, 4) is 3.70 Å². The second-order valence-electron chi connectivity index (χ2n) is 8.28. The van der Waals surface area contributed by atoms with Crippen LogP contribution in [0.4, 0.5) is 0 Å². The molecule has 0 bridgehead atoms. The Hall–Kier alpha value is -2.42. The van der Waals surface area contributed by atoms with Gasteiger partial charge in [0.2, 0.25) is 0 Å². The minimum atomic E-state index is -0.810. The van der Waals surface area contributed by atoms with E-state index in [0.29, 0.717) is 0 Å². The zero-order valence-corrected chi connectivity index (χ0v) is 20.8. The third-order valence-electron chi connectivity index (χ3n) is 6.16. The molecule has 2 aromatic carbocycles. The molecule has 0 spiro atoms. The van der Waals surface area contributed by atoms with Gasteiger partial charge in [-0.3, -0.25) is 0 Å². The molecule has 2 aliphatic rings. The molecule has 2 aliphatic heterocycles. The van der Waals surface area contributed by atoms with Crippen molar-refractivity contribution < 1.29 is 9.59 Å². The summed E-state index contributed by atoms with van der Waals surface area (Å²) in [5.74, 6) is -0.893. The summed E-state index contributed by atoms with van der Waals surface area (Å²) in [5, 5.41) is 5.13. The van der Waals surface area contributed by atoms with Gasteiger partial charge in [0.1, 0.15) is 0 Å². The first-order chi connectivity index (χ1) is 14.9. The number of amidine groups is 1. The topological polar surface area (TPSA) is 63.5 Å². The van der Waals surface area contributed by atoms with Crippen LogP contribution >= 0.6 is 0 Å². The van der Waals surface area contributed by atoms with Crippen LogP contribution in [0.5, 0.6) is 0 Å². The SMILES string of the molecule is CC1(C)c2cc(/C=C3/C(=O)N=C([Se])NC3=O)[te]c2-n2c3ccccc3c3cccc1c32. The Morgan fingerprint density at radius 2 is 1.84 bits per heavy atom. The van der Waals surface area contributed by atoms with Crippen LogP contribution in [-0.2, 0) is 15.0 Å². The summed E-state index contributed by atoms with van der Waals surface area (Å²) in [6.45, 7) is 4.53. The fraction of sp³-hybridized carbons (Fsp3) is 0.125. The van der Waals surface area contributed by atoms with Gasteiger partial charge in [0.05, 0.1) is 0 Å². The van der Waals surface area contributed by atoms with Gasteiger partial charge in [-0.2, -0.15) is 0 Å². The average molecular weight is 585 g/mol. The molecular weight excluding hydrogens is 569 g/mol. The summed E-state index contributed by atoms with van der Waals surface area (Å²) in [7, 11) is 0. The maximum absolute atomic E-state index is 12.4. The number of nitrogens with zero attached hydrogens (tertiary/aromatic N) is 2. The number of hydrogen-bond donors (Lipinski definition) is 1. The van der Waals surface area contributed by atoms with Gasteiger partial charge in [0.25, 0.3) is 0 Å². The van der Waals surface area contributed by atoms with Gasteiger partial charge < -0.3 is 0 Å². The summed E-state index contributed by atoms with van der Waals surface area (Å²) in [4.78, 5) is 28.6. The Morgan fingerprint density at radius 1 is 1.06 bits per heavy atom. The number of rotatable bonds is 1. The molecule has 4 aromatic rings. The van der Waals surface area contributed by atoms with Crippen molar-refractivity contribution in [3.05, 3.63) is 68.8 Å². The van der Waals surface area contributed by atoms with Crippen LogP contribution in [0.1, 0.15) is 28.6 Å². The van der Waals surface area contributed by atoms with E-state index in [1.807, 2.05) is 0 Å². The number of fused-ring (bicyclic) bond motifs is 5. The molecule has 0 unspecified atom stereocenters. The van der Waals surface area contributed by atoms with Crippen LogP contribution in [0, 0.1) is 0 Å². The molecule has 1 N–H and O–H groups in total. The van der Waals surface area contributed by atoms with Gasteiger partial charge in [0.15, 0.2) is 0 Å². The number of carbonyl (C=O) groups excluding carboxylic acids is 2. The molecule has 0 aliphatic carbocycles. The number of para-hydroxylation sites is 2. The van der Waals surface area contributed by atoms with E-state index in [0.717, 1.165) is 3.58 Å². The number of amides is 2. The van der Waals surface area contributed by atoms with Crippen LogP contribution in [0.15, 0.2) is 59.1 Å². The molecule has 0 fully saturated rings. The molecule has 2 amide bonds. The molecule has 6 rings (SSSR count). The zero-order valence-electron chi connectivity index (χ0n) is 16.7. The van der Waals surface area contributed by atoms with Crippen LogP contribution in [0.2, 0.25) is 0 Å². The van der Waals surface area contributed by atoms with Gasteiger partial charge in [-0.1, -0.05) is 0 Å².